The van der Waals surface area contributed by atoms with Gasteiger partial charge in [-0.05, 0) is 79.4 Å². The van der Waals surface area contributed by atoms with Gasteiger partial charge >= 0.3 is 0 Å². The summed E-state index contributed by atoms with van der Waals surface area (Å²) >= 11 is 0. The number of nitrogens with one attached hydrogen (secondary N) is 1. The average molecular weight is 638 g/mol. The maximum Gasteiger partial charge on any atom is 0.234 e. The summed E-state index contributed by atoms with van der Waals surface area (Å²) < 4.78 is 7.75. The Labute approximate surface area is 278 Å². The van der Waals surface area contributed by atoms with Gasteiger partial charge in [0.15, 0.2) is 11.5 Å². The van der Waals surface area contributed by atoms with Gasteiger partial charge in [0.25, 0.3) is 0 Å². The molecule has 0 radical (unpaired) electrons. The summed E-state index contributed by atoms with van der Waals surface area (Å²) in [7, 11) is 0. The Balaban J connectivity index is 1.12. The molecule has 0 spiro atoms. The van der Waals surface area contributed by atoms with Gasteiger partial charge in [-0.2, -0.15) is 5.26 Å². The molecule has 6 heterocycles. The Morgan fingerprint density at radius 2 is 1.75 bits per heavy atom. The zero-order valence-corrected chi connectivity index (χ0v) is 26.6. The first-order valence-electron chi connectivity index (χ1n) is 16.1. The van der Waals surface area contributed by atoms with E-state index in [1.54, 1.807) is 24.7 Å². The van der Waals surface area contributed by atoms with E-state index in [0.29, 0.717) is 35.8 Å². The largest absolute Gasteiger partial charge is 0.492 e. The van der Waals surface area contributed by atoms with Crippen LogP contribution in [0, 0.1) is 11.3 Å². The molecule has 1 saturated heterocycles. The highest BCUT2D eigenvalue weighted by Crippen LogP contribution is 2.32. The Bertz CT molecular complexity index is 2060. The zero-order chi connectivity index (χ0) is 32.9. The summed E-state index contributed by atoms with van der Waals surface area (Å²) in [4.78, 5) is 29.6. The molecule has 5 aromatic heterocycles. The molecule has 1 aliphatic heterocycles. The minimum absolute atomic E-state index is 0.178. The van der Waals surface area contributed by atoms with Crippen molar-refractivity contribution >= 4 is 22.8 Å². The van der Waals surface area contributed by atoms with Crippen molar-refractivity contribution in [2.24, 2.45) is 0 Å². The fraction of sp³-hybridized carbons (Fsp3) is 0.250. The van der Waals surface area contributed by atoms with Crippen LogP contribution in [0.15, 0.2) is 85.3 Å². The van der Waals surface area contributed by atoms with Gasteiger partial charge in [0.2, 0.25) is 5.82 Å². The SMILES string of the molecule is CCCOc1ccc(-c2ccc3nc(-c4cccnc4N)n(-c4ccc(CN5CCC(Nc6ccnc(C#N)n6)CC5)cc4)c3n2)nc1. The third kappa shape index (κ3) is 6.63. The topological polar surface area (TPSA) is 157 Å². The maximum atomic E-state index is 9.09. The van der Waals surface area contributed by atoms with Crippen molar-refractivity contribution in [2.45, 2.75) is 38.8 Å². The van der Waals surface area contributed by atoms with E-state index in [1.165, 1.54) is 5.56 Å². The number of aromatic nitrogens is 7. The number of rotatable bonds is 10. The lowest BCUT2D eigenvalue weighted by molar-refractivity contribution is 0.211. The molecular formula is C36H35N11O. The third-order valence-corrected chi connectivity index (χ3v) is 8.35. The quantitative estimate of drug-likeness (QED) is 0.191. The van der Waals surface area contributed by atoms with Gasteiger partial charge in [-0.3, -0.25) is 14.5 Å². The lowest BCUT2D eigenvalue weighted by Gasteiger charge is -2.32. The molecule has 0 bridgehead atoms. The molecule has 0 atom stereocenters. The number of nitrogens with two attached hydrogens (primary N) is 1. The van der Waals surface area contributed by atoms with E-state index in [-0.39, 0.29) is 5.82 Å². The highest BCUT2D eigenvalue weighted by atomic mass is 16.5. The number of benzene rings is 1. The number of likely N-dealkylation sites (tertiary alicyclic amines) is 1. The van der Waals surface area contributed by atoms with Crippen molar-refractivity contribution in [3.63, 3.8) is 0 Å². The summed E-state index contributed by atoms with van der Waals surface area (Å²) in [6, 6.07) is 24.2. The van der Waals surface area contributed by atoms with E-state index < -0.39 is 0 Å². The molecule has 1 aromatic carbocycles. The molecule has 3 N–H and O–H groups in total. The fourth-order valence-electron chi connectivity index (χ4n) is 5.92. The number of nitrogens with zero attached hydrogens (tertiary/aromatic N) is 9. The third-order valence-electron chi connectivity index (χ3n) is 8.35. The van der Waals surface area contributed by atoms with Gasteiger partial charge in [-0.1, -0.05) is 19.1 Å². The first-order chi connectivity index (χ1) is 23.6. The first-order valence-corrected chi connectivity index (χ1v) is 16.1. The second kappa shape index (κ2) is 13.8. The molecule has 0 saturated carbocycles. The number of ether oxygens (including phenoxy) is 1. The van der Waals surface area contributed by atoms with Crippen LogP contribution in [-0.4, -0.2) is 65.1 Å². The summed E-state index contributed by atoms with van der Waals surface area (Å²) in [6.07, 6.45) is 7.93. The zero-order valence-electron chi connectivity index (χ0n) is 26.6. The number of hydrogen-bond donors (Lipinski definition) is 2. The first kappa shape index (κ1) is 30.7. The minimum atomic E-state index is 0.178. The van der Waals surface area contributed by atoms with Crippen LogP contribution in [0.3, 0.4) is 0 Å². The van der Waals surface area contributed by atoms with E-state index in [0.717, 1.165) is 72.8 Å². The molecule has 0 aliphatic carbocycles. The highest BCUT2D eigenvalue weighted by Gasteiger charge is 2.21. The molecule has 12 heteroatoms. The van der Waals surface area contributed by atoms with Crippen LogP contribution < -0.4 is 15.8 Å². The van der Waals surface area contributed by atoms with Crippen molar-refractivity contribution < 1.29 is 4.74 Å². The highest BCUT2D eigenvalue weighted by molar-refractivity contribution is 5.84. The molecule has 0 amide bonds. The lowest BCUT2D eigenvalue weighted by atomic mass is 10.0. The second-order valence-corrected chi connectivity index (χ2v) is 11.7. The molecule has 1 aliphatic rings. The van der Waals surface area contributed by atoms with Gasteiger partial charge < -0.3 is 15.8 Å². The molecule has 48 heavy (non-hydrogen) atoms. The minimum Gasteiger partial charge on any atom is -0.492 e. The standard InChI is InChI=1S/C36H35N11O/c1-2-20-48-27-9-10-29(41-22-27)30-11-12-31-36(43-30)47(35(44-31)28-4-3-16-40-34(28)38)26-7-5-24(6-8-26)23-46-18-14-25(15-19-46)42-32-13-17-39-33(21-37)45-32/h3-13,16-17,22,25H,2,14-15,18-20,23H2,1H3,(H2,38,40)(H,39,42,45). The summed E-state index contributed by atoms with van der Waals surface area (Å²) in [6.45, 7) is 5.48. The molecule has 0 unspecified atom stereocenters. The molecule has 7 rings (SSSR count). The predicted octanol–water partition coefficient (Wildman–Crippen LogP) is 5.65. The number of anilines is 2. The van der Waals surface area contributed by atoms with E-state index in [1.807, 2.05) is 47.0 Å². The van der Waals surface area contributed by atoms with Gasteiger partial charge in [0.05, 0.1) is 29.8 Å². The van der Waals surface area contributed by atoms with Crippen LogP contribution >= 0.6 is 0 Å². The number of pyridine rings is 3. The molecule has 1 fully saturated rings. The van der Waals surface area contributed by atoms with Crippen LogP contribution in [0.4, 0.5) is 11.6 Å². The molecule has 240 valence electrons. The lowest BCUT2D eigenvalue weighted by Crippen LogP contribution is -2.38. The average Bonchev–Trinajstić information content (AvgIpc) is 3.51. The number of hydrogen-bond acceptors (Lipinski definition) is 11. The number of nitrogen functional groups attached to an aromatic ring is 1. The van der Waals surface area contributed by atoms with Crippen LogP contribution in [0.25, 0.3) is 39.6 Å². The predicted molar refractivity (Wildman–Crippen MR) is 184 cm³/mol. The van der Waals surface area contributed by atoms with Crippen LogP contribution in [-0.2, 0) is 6.54 Å². The van der Waals surface area contributed by atoms with Crippen LogP contribution in [0.2, 0.25) is 0 Å². The molecule has 6 aromatic rings. The van der Waals surface area contributed by atoms with Crippen molar-refractivity contribution in [1.29, 1.82) is 5.26 Å². The Morgan fingerprint density at radius 1 is 0.917 bits per heavy atom. The summed E-state index contributed by atoms with van der Waals surface area (Å²) in [5, 5.41) is 12.5. The summed E-state index contributed by atoms with van der Waals surface area (Å²) in [5.74, 6) is 2.68. The van der Waals surface area contributed by atoms with E-state index in [9.17, 15) is 0 Å². The molecule has 12 nitrogen and oxygen atoms in total. The maximum absolute atomic E-state index is 9.09. The van der Waals surface area contributed by atoms with Gasteiger partial charge in [0.1, 0.15) is 29.0 Å². The Kier molecular flexibility index (Phi) is 8.84. The Morgan fingerprint density at radius 3 is 2.50 bits per heavy atom. The molecular weight excluding hydrogens is 602 g/mol. The summed E-state index contributed by atoms with van der Waals surface area (Å²) in [5.41, 5.74) is 12.1. The van der Waals surface area contributed by atoms with Gasteiger partial charge in [-0.25, -0.2) is 24.9 Å². The van der Waals surface area contributed by atoms with Crippen molar-refractivity contribution in [1.82, 2.24) is 39.4 Å². The van der Waals surface area contributed by atoms with Crippen molar-refractivity contribution in [3.05, 3.63) is 96.7 Å². The smallest absolute Gasteiger partial charge is 0.234 e. The number of piperidine rings is 1. The number of fused-ring (bicyclic) bond motifs is 1. The van der Waals surface area contributed by atoms with Gasteiger partial charge in [-0.15, -0.1) is 0 Å². The number of imidazole rings is 1. The van der Waals surface area contributed by atoms with E-state index in [2.05, 4.69) is 61.3 Å². The van der Waals surface area contributed by atoms with E-state index >= 15 is 0 Å². The normalized spacial score (nSPS) is 13.8. The van der Waals surface area contributed by atoms with E-state index in [4.69, 9.17) is 25.7 Å². The van der Waals surface area contributed by atoms with Crippen molar-refractivity contribution in [2.75, 3.05) is 30.7 Å². The second-order valence-electron chi connectivity index (χ2n) is 11.7. The number of nitriles is 1. The van der Waals surface area contributed by atoms with Crippen molar-refractivity contribution in [3.8, 4) is 40.3 Å². The monoisotopic (exact) mass is 637 g/mol. The van der Waals surface area contributed by atoms with Crippen LogP contribution in [0.5, 0.6) is 5.75 Å². The fourth-order valence-corrected chi connectivity index (χ4v) is 5.92. The van der Waals surface area contributed by atoms with Crippen LogP contribution in [0.1, 0.15) is 37.6 Å². The van der Waals surface area contributed by atoms with Gasteiger partial charge in [0, 0.05) is 43.8 Å². The Hall–Kier alpha value is -5.93.